The zero-order chi connectivity index (χ0) is 7.70. The predicted octanol–water partition coefficient (Wildman–Crippen LogP) is 2.45. The van der Waals surface area contributed by atoms with Crippen LogP contribution in [-0.4, -0.2) is 14.8 Å². The molecule has 0 aliphatic carbocycles. The van der Waals surface area contributed by atoms with E-state index in [1.165, 1.54) is 12.6 Å². The zero-order valence-electron chi connectivity index (χ0n) is 5.70. The first-order chi connectivity index (χ1) is 4.15. The fourth-order valence-corrected chi connectivity index (χ4v) is 0.289. The van der Waals surface area contributed by atoms with Gasteiger partial charge in [-0.15, -0.1) is 0 Å². The highest BCUT2D eigenvalue weighted by molar-refractivity contribution is 6.34. The van der Waals surface area contributed by atoms with Crippen LogP contribution in [0.25, 0.3) is 0 Å². The molecule has 5 heteroatoms. The zero-order valence-corrected chi connectivity index (χ0v) is 5.70. The molecule has 0 N–H and O–H groups in total. The second-order valence-corrected chi connectivity index (χ2v) is 1.35. The van der Waals surface area contributed by atoms with Crippen LogP contribution in [0.3, 0.4) is 0 Å². The van der Waals surface area contributed by atoms with Crippen molar-refractivity contribution in [1.82, 2.24) is 0 Å². The van der Waals surface area contributed by atoms with Gasteiger partial charge >= 0.3 is 7.54 Å². The highest BCUT2D eigenvalue weighted by Crippen LogP contribution is 1.80. The summed E-state index contributed by atoms with van der Waals surface area (Å²) < 4.78 is 29.0. The van der Waals surface area contributed by atoms with Crippen molar-refractivity contribution < 1.29 is 12.9 Å². The van der Waals surface area contributed by atoms with Crippen molar-refractivity contribution in [3.8, 4) is 0 Å². The monoisotopic (exact) mass is 137 g/mol. The average Bonchev–Trinajstić information content (AvgIpc) is 1.66. The van der Waals surface area contributed by atoms with Crippen LogP contribution in [0.1, 0.15) is 13.8 Å². The van der Waals surface area contributed by atoms with Gasteiger partial charge in [0, 0.05) is 0 Å². The van der Waals surface area contributed by atoms with E-state index in [1.54, 1.807) is 0 Å². The second-order valence-electron chi connectivity index (χ2n) is 1.35. The molecule has 0 rings (SSSR count). The second kappa shape index (κ2) is 10.8. The van der Waals surface area contributed by atoms with E-state index in [9.17, 15) is 12.9 Å². The van der Waals surface area contributed by atoms with E-state index in [-0.39, 0.29) is 0 Å². The Balaban J connectivity index is 0. The molecule has 0 aromatic rings. The molecule has 0 aromatic carbocycles. The SMILES string of the molecule is CC[B]CC.FB(F)F. The topological polar surface area (TPSA) is 0 Å². The molecule has 53 valence electrons. The van der Waals surface area contributed by atoms with Crippen LogP contribution in [0.5, 0.6) is 0 Å². The van der Waals surface area contributed by atoms with Crippen molar-refractivity contribution >= 4 is 14.8 Å². The minimum Gasteiger partial charge on any atom is -0.254 e. The van der Waals surface area contributed by atoms with Crippen LogP contribution in [0.4, 0.5) is 12.9 Å². The number of hydrogen-bond acceptors (Lipinski definition) is 0. The van der Waals surface area contributed by atoms with Crippen LogP contribution in [0, 0.1) is 0 Å². The van der Waals surface area contributed by atoms with Crippen molar-refractivity contribution in [3.05, 3.63) is 0 Å². The molecule has 0 unspecified atom stereocenters. The van der Waals surface area contributed by atoms with Crippen molar-refractivity contribution in [3.63, 3.8) is 0 Å². The summed E-state index contributed by atoms with van der Waals surface area (Å²) in [6.07, 6.45) is 2.44. The van der Waals surface area contributed by atoms with Gasteiger partial charge in [0.2, 0.25) is 0 Å². The molecular weight excluding hydrogens is 127 g/mol. The first kappa shape index (κ1) is 11.7. The molecule has 0 amide bonds. The Morgan fingerprint density at radius 3 is 1.33 bits per heavy atom. The third kappa shape index (κ3) is 75.3. The third-order valence-corrected chi connectivity index (χ3v) is 0.577. The van der Waals surface area contributed by atoms with Gasteiger partial charge in [0.15, 0.2) is 0 Å². The molecule has 0 heterocycles. The Bertz CT molecular complexity index is 38.0. The minimum atomic E-state index is -3.67. The molecule has 1 radical (unpaired) electrons. The molecule has 0 saturated heterocycles. The summed E-state index contributed by atoms with van der Waals surface area (Å²) in [6, 6.07) is 0. The maximum absolute atomic E-state index is 9.67. The lowest BCUT2D eigenvalue weighted by atomic mass is 9.73. The summed E-state index contributed by atoms with van der Waals surface area (Å²) in [5.74, 6) is 0. The molecule has 0 saturated carbocycles. The van der Waals surface area contributed by atoms with Gasteiger partial charge in [-0.05, 0) is 0 Å². The van der Waals surface area contributed by atoms with E-state index in [0.29, 0.717) is 0 Å². The highest BCUT2D eigenvalue weighted by atomic mass is 19.4. The average molecular weight is 137 g/mol. The number of rotatable bonds is 2. The molecule has 0 aliphatic heterocycles. The lowest BCUT2D eigenvalue weighted by Gasteiger charge is -1.75. The molecule has 0 atom stereocenters. The van der Waals surface area contributed by atoms with Gasteiger partial charge in [-0.3, -0.25) is 12.9 Å². The number of hydrogen-bond donors (Lipinski definition) is 0. The summed E-state index contributed by atoms with van der Waals surface area (Å²) in [4.78, 5) is 0. The van der Waals surface area contributed by atoms with Crippen molar-refractivity contribution in [2.45, 2.75) is 26.5 Å². The molecule has 0 bridgehead atoms. The van der Waals surface area contributed by atoms with E-state index >= 15 is 0 Å². The van der Waals surface area contributed by atoms with E-state index < -0.39 is 7.54 Å². The fraction of sp³-hybridized carbons (Fsp3) is 1.00. The molecular formula is C4H10B2F3. The van der Waals surface area contributed by atoms with Gasteiger partial charge in [-0.25, -0.2) is 0 Å². The summed E-state index contributed by atoms with van der Waals surface area (Å²) in [5, 5.41) is 0. The Morgan fingerprint density at radius 1 is 1.11 bits per heavy atom. The predicted molar refractivity (Wildman–Crippen MR) is 35.8 cm³/mol. The summed E-state index contributed by atoms with van der Waals surface area (Å²) >= 11 is 0. The van der Waals surface area contributed by atoms with Crippen molar-refractivity contribution in [2.24, 2.45) is 0 Å². The maximum atomic E-state index is 9.67. The van der Waals surface area contributed by atoms with Crippen LogP contribution in [0.15, 0.2) is 0 Å². The Morgan fingerprint density at radius 2 is 1.33 bits per heavy atom. The first-order valence-electron chi connectivity index (χ1n) is 2.89. The van der Waals surface area contributed by atoms with E-state index in [2.05, 4.69) is 21.1 Å². The van der Waals surface area contributed by atoms with Crippen LogP contribution >= 0.6 is 0 Å². The van der Waals surface area contributed by atoms with Gasteiger partial charge in [-0.2, -0.15) is 0 Å². The molecule has 0 nitrogen and oxygen atoms in total. The van der Waals surface area contributed by atoms with Crippen LogP contribution < -0.4 is 0 Å². The first-order valence-corrected chi connectivity index (χ1v) is 2.89. The quantitative estimate of drug-likeness (QED) is 0.512. The minimum absolute atomic E-state index is 1.22. The Labute approximate surface area is 55.3 Å². The summed E-state index contributed by atoms with van der Waals surface area (Å²) in [7, 11) is -1.42. The maximum Gasteiger partial charge on any atom is 0.762 e. The standard InChI is InChI=1S/C4H10B.BF3/c1-3-5-4-2;2-1(3)4/h3-4H2,1-2H3;. The molecule has 0 aliphatic rings. The Kier molecular flexibility index (Phi) is 14.0. The summed E-state index contributed by atoms with van der Waals surface area (Å²) in [6.45, 7) is 4.31. The van der Waals surface area contributed by atoms with Gasteiger partial charge in [-0.1, -0.05) is 26.5 Å². The highest BCUT2D eigenvalue weighted by Gasteiger charge is 2.06. The number of halogens is 3. The largest absolute Gasteiger partial charge is 0.762 e. The van der Waals surface area contributed by atoms with Gasteiger partial charge in [0.05, 0.1) is 0 Å². The lowest BCUT2D eigenvalue weighted by Crippen LogP contribution is -1.76. The van der Waals surface area contributed by atoms with E-state index in [0.717, 1.165) is 0 Å². The molecule has 0 fully saturated rings. The smallest absolute Gasteiger partial charge is 0.254 e. The normalized spacial score (nSPS) is 7.22. The van der Waals surface area contributed by atoms with Crippen LogP contribution in [-0.2, 0) is 0 Å². The van der Waals surface area contributed by atoms with E-state index in [1.807, 2.05) is 0 Å². The lowest BCUT2D eigenvalue weighted by molar-refractivity contribution is 0.535. The van der Waals surface area contributed by atoms with Gasteiger partial charge < -0.3 is 0 Å². The molecule has 9 heavy (non-hydrogen) atoms. The van der Waals surface area contributed by atoms with Gasteiger partial charge in [0.1, 0.15) is 7.28 Å². The fourth-order valence-electron chi connectivity index (χ4n) is 0.289. The third-order valence-electron chi connectivity index (χ3n) is 0.577. The van der Waals surface area contributed by atoms with Crippen molar-refractivity contribution in [1.29, 1.82) is 0 Å². The Hall–Kier alpha value is -0.0801. The van der Waals surface area contributed by atoms with Crippen molar-refractivity contribution in [2.75, 3.05) is 0 Å². The molecule has 0 spiro atoms. The van der Waals surface area contributed by atoms with E-state index in [4.69, 9.17) is 0 Å². The summed E-state index contributed by atoms with van der Waals surface area (Å²) in [5.41, 5.74) is 0. The molecule has 0 aromatic heterocycles. The van der Waals surface area contributed by atoms with Crippen LogP contribution in [0.2, 0.25) is 12.6 Å². The van der Waals surface area contributed by atoms with Gasteiger partial charge in [0.25, 0.3) is 0 Å².